The molecule has 37 heavy (non-hydrogen) atoms. The van der Waals surface area contributed by atoms with E-state index in [-0.39, 0.29) is 27.9 Å². The van der Waals surface area contributed by atoms with Crippen LogP contribution in [-0.2, 0) is 47.7 Å². The highest BCUT2D eigenvalue weighted by atomic mass is 16.6. The van der Waals surface area contributed by atoms with Crippen LogP contribution in [0.3, 0.4) is 0 Å². The third-order valence-electron chi connectivity index (χ3n) is 4.36. The summed E-state index contributed by atoms with van der Waals surface area (Å²) in [5.74, 6) is -4.85. The zero-order chi connectivity index (χ0) is 29.0. The van der Waals surface area contributed by atoms with Crippen LogP contribution in [0.4, 0.5) is 0 Å². The summed E-state index contributed by atoms with van der Waals surface area (Å²) in [6, 6.07) is 0. The Hall–Kier alpha value is -3.99. The summed E-state index contributed by atoms with van der Waals surface area (Å²) >= 11 is 0. The highest BCUT2D eigenvalue weighted by Crippen LogP contribution is 2.23. The molecule has 11 nitrogen and oxygen atoms in total. The van der Waals surface area contributed by atoms with E-state index in [1.807, 2.05) is 0 Å². The molecule has 0 fully saturated rings. The standard InChI is InChI=1S/C26H34O11/c1-13(2)22(28)33-12-19(35-24(30)15(5)6)21(37-26(32)17(9)10)20(36-25(31)16(7)8)18(11-27)34-23(29)14(3)4/h18-21,27H,1,3,5,7,9,11-12H2,2,4,6,8,10H3/t18-,19+,20-,21-/m1/s1. The number of hydrogen-bond acceptors (Lipinski definition) is 11. The van der Waals surface area contributed by atoms with Crippen LogP contribution in [0.5, 0.6) is 0 Å². The van der Waals surface area contributed by atoms with Crippen LogP contribution < -0.4 is 0 Å². The minimum absolute atomic E-state index is 0.00865. The Morgan fingerprint density at radius 3 is 1.16 bits per heavy atom. The Bertz CT molecular complexity index is 988. The van der Waals surface area contributed by atoms with Crippen molar-refractivity contribution in [3.8, 4) is 0 Å². The molecule has 0 amide bonds. The zero-order valence-corrected chi connectivity index (χ0v) is 21.8. The van der Waals surface area contributed by atoms with Crippen LogP contribution in [0.15, 0.2) is 60.8 Å². The molecule has 0 saturated carbocycles. The smallest absolute Gasteiger partial charge is 0.333 e. The SMILES string of the molecule is C=C(C)C(=O)OC[C@H](OC(=O)C(=C)C)[C@@H](OC(=O)C(=C)C)[C@H](OC(=O)C(=C)C)[C@@H](CO)OC(=O)C(=C)C. The van der Waals surface area contributed by atoms with Gasteiger partial charge in [-0.3, -0.25) is 0 Å². The minimum Gasteiger partial charge on any atom is -0.458 e. The van der Waals surface area contributed by atoms with Crippen molar-refractivity contribution in [2.24, 2.45) is 0 Å². The van der Waals surface area contributed by atoms with Crippen LogP contribution >= 0.6 is 0 Å². The van der Waals surface area contributed by atoms with Crippen molar-refractivity contribution < 1.29 is 52.8 Å². The molecule has 0 aliphatic heterocycles. The van der Waals surface area contributed by atoms with Gasteiger partial charge in [0.15, 0.2) is 24.4 Å². The normalized spacial score (nSPS) is 13.5. The quantitative estimate of drug-likeness (QED) is 0.191. The maximum Gasteiger partial charge on any atom is 0.333 e. The van der Waals surface area contributed by atoms with E-state index in [1.54, 1.807) is 0 Å². The first-order chi connectivity index (χ1) is 17.0. The predicted molar refractivity (Wildman–Crippen MR) is 132 cm³/mol. The molecule has 204 valence electrons. The first-order valence-corrected chi connectivity index (χ1v) is 10.9. The summed E-state index contributed by atoms with van der Waals surface area (Å²) in [6.45, 7) is 22.3. The first-order valence-electron chi connectivity index (χ1n) is 10.9. The Balaban J connectivity index is 6.85. The molecular weight excluding hydrogens is 488 g/mol. The number of carbonyl (C=O) groups excluding carboxylic acids is 5. The maximum absolute atomic E-state index is 12.5. The fourth-order valence-corrected chi connectivity index (χ4v) is 2.32. The molecule has 0 rings (SSSR count). The number of carbonyl (C=O) groups is 5. The third kappa shape index (κ3) is 11.1. The van der Waals surface area contributed by atoms with Crippen LogP contribution in [-0.4, -0.2) is 72.6 Å². The second kappa shape index (κ2) is 15.2. The van der Waals surface area contributed by atoms with Gasteiger partial charge in [0, 0.05) is 27.9 Å². The highest BCUT2D eigenvalue weighted by Gasteiger charge is 2.45. The van der Waals surface area contributed by atoms with Crippen molar-refractivity contribution >= 4 is 29.8 Å². The summed E-state index contributed by atoms with van der Waals surface area (Å²) < 4.78 is 26.5. The molecule has 0 heterocycles. The number of hydrogen-bond donors (Lipinski definition) is 1. The van der Waals surface area contributed by atoms with E-state index in [9.17, 15) is 29.1 Å². The van der Waals surface area contributed by atoms with Gasteiger partial charge in [-0.1, -0.05) is 32.9 Å². The molecule has 0 unspecified atom stereocenters. The van der Waals surface area contributed by atoms with E-state index >= 15 is 0 Å². The van der Waals surface area contributed by atoms with Crippen molar-refractivity contribution in [1.82, 2.24) is 0 Å². The number of esters is 5. The molecule has 0 aromatic heterocycles. The molecule has 0 aromatic rings. The Kier molecular flexibility index (Phi) is 13.6. The van der Waals surface area contributed by atoms with Gasteiger partial charge in [-0.25, -0.2) is 24.0 Å². The van der Waals surface area contributed by atoms with E-state index in [1.165, 1.54) is 34.6 Å². The molecule has 0 bridgehead atoms. The topological polar surface area (TPSA) is 152 Å². The second-order valence-electron chi connectivity index (χ2n) is 8.31. The monoisotopic (exact) mass is 522 g/mol. The van der Waals surface area contributed by atoms with Gasteiger partial charge >= 0.3 is 29.8 Å². The molecule has 0 saturated heterocycles. The lowest BCUT2D eigenvalue weighted by Gasteiger charge is -2.35. The van der Waals surface area contributed by atoms with Crippen molar-refractivity contribution in [2.75, 3.05) is 13.2 Å². The highest BCUT2D eigenvalue weighted by molar-refractivity contribution is 5.89. The minimum atomic E-state index is -1.79. The average molecular weight is 523 g/mol. The summed E-state index contributed by atoms with van der Waals surface area (Å²) in [4.78, 5) is 61.7. The molecular formula is C26H34O11. The van der Waals surface area contributed by atoms with Crippen molar-refractivity contribution in [2.45, 2.75) is 59.0 Å². The lowest BCUT2D eigenvalue weighted by molar-refractivity contribution is -0.202. The van der Waals surface area contributed by atoms with Crippen LogP contribution in [0.1, 0.15) is 34.6 Å². The van der Waals surface area contributed by atoms with E-state index in [4.69, 9.17) is 23.7 Å². The number of ether oxygens (including phenoxy) is 5. The van der Waals surface area contributed by atoms with Crippen molar-refractivity contribution in [3.05, 3.63) is 60.8 Å². The van der Waals surface area contributed by atoms with Crippen molar-refractivity contribution in [3.63, 3.8) is 0 Å². The summed E-state index contributed by atoms with van der Waals surface area (Å²) in [5, 5.41) is 10.0. The largest absolute Gasteiger partial charge is 0.458 e. The molecule has 0 aliphatic carbocycles. The van der Waals surface area contributed by atoms with Crippen LogP contribution in [0, 0.1) is 0 Å². The Morgan fingerprint density at radius 2 is 0.838 bits per heavy atom. The van der Waals surface area contributed by atoms with Gasteiger partial charge in [-0.15, -0.1) is 0 Å². The van der Waals surface area contributed by atoms with E-state index in [0.29, 0.717) is 0 Å². The van der Waals surface area contributed by atoms with Gasteiger partial charge in [0.1, 0.15) is 6.61 Å². The number of aliphatic hydroxyl groups is 1. The van der Waals surface area contributed by atoms with Gasteiger partial charge in [0.2, 0.25) is 0 Å². The molecule has 0 aliphatic rings. The van der Waals surface area contributed by atoms with E-state index in [2.05, 4.69) is 32.9 Å². The summed E-state index contributed by atoms with van der Waals surface area (Å²) in [7, 11) is 0. The third-order valence-corrected chi connectivity index (χ3v) is 4.36. The Morgan fingerprint density at radius 1 is 0.541 bits per heavy atom. The summed E-state index contributed by atoms with van der Waals surface area (Å²) in [5.41, 5.74) is -0.307. The molecule has 4 atom stereocenters. The van der Waals surface area contributed by atoms with Gasteiger partial charge in [0.05, 0.1) is 6.61 Å². The average Bonchev–Trinajstić information content (AvgIpc) is 2.81. The molecule has 1 N–H and O–H groups in total. The van der Waals surface area contributed by atoms with Crippen LogP contribution in [0.2, 0.25) is 0 Å². The van der Waals surface area contributed by atoms with Gasteiger partial charge in [-0.2, -0.15) is 0 Å². The molecule has 0 spiro atoms. The predicted octanol–water partition coefficient (Wildman–Crippen LogP) is 2.05. The van der Waals surface area contributed by atoms with Crippen LogP contribution in [0.25, 0.3) is 0 Å². The summed E-state index contributed by atoms with van der Waals surface area (Å²) in [6.07, 6.45) is -6.87. The maximum atomic E-state index is 12.5. The van der Waals surface area contributed by atoms with Gasteiger partial charge in [-0.05, 0) is 34.6 Å². The lowest BCUT2D eigenvalue weighted by atomic mass is 10.0. The number of rotatable bonds is 15. The molecule has 0 aromatic carbocycles. The van der Waals surface area contributed by atoms with E-state index < -0.39 is 67.5 Å². The van der Waals surface area contributed by atoms with Gasteiger partial charge in [0.25, 0.3) is 0 Å². The lowest BCUT2D eigenvalue weighted by Crippen LogP contribution is -2.54. The first kappa shape index (κ1) is 33.0. The molecule has 0 radical (unpaired) electrons. The fraction of sp³-hybridized carbons (Fsp3) is 0.423. The molecule has 11 heteroatoms. The van der Waals surface area contributed by atoms with E-state index in [0.717, 1.165) is 0 Å². The van der Waals surface area contributed by atoms with Gasteiger partial charge < -0.3 is 28.8 Å². The second-order valence-corrected chi connectivity index (χ2v) is 8.31. The zero-order valence-electron chi connectivity index (χ0n) is 21.8. The van der Waals surface area contributed by atoms with Crippen molar-refractivity contribution in [1.29, 1.82) is 0 Å². The Labute approximate surface area is 216 Å². The number of aliphatic hydroxyl groups excluding tert-OH is 1. The fourth-order valence-electron chi connectivity index (χ4n) is 2.32.